The average molecular weight is 357 g/mol. The Bertz CT molecular complexity index is 772. The lowest BCUT2D eigenvalue weighted by atomic mass is 10.1. The van der Waals surface area contributed by atoms with Crippen molar-refractivity contribution >= 4 is 11.7 Å². The Morgan fingerprint density at radius 1 is 1.19 bits per heavy atom. The van der Waals surface area contributed by atoms with E-state index < -0.39 is 0 Å². The van der Waals surface area contributed by atoms with Gasteiger partial charge in [-0.15, -0.1) is 5.10 Å². The number of rotatable bonds is 3. The minimum Gasteiger partial charge on any atom is -0.377 e. The lowest BCUT2D eigenvalue weighted by Crippen LogP contribution is -2.44. The summed E-state index contributed by atoms with van der Waals surface area (Å²) >= 11 is 0. The van der Waals surface area contributed by atoms with Crippen molar-refractivity contribution in [2.45, 2.75) is 25.3 Å². The molecule has 138 valence electrons. The van der Waals surface area contributed by atoms with Crippen molar-refractivity contribution in [2.75, 3.05) is 37.7 Å². The predicted octanol–water partition coefficient (Wildman–Crippen LogP) is 0.809. The number of hydrogen-bond donors (Lipinski definition) is 0. The molecule has 0 aromatic carbocycles. The van der Waals surface area contributed by atoms with E-state index >= 15 is 0 Å². The van der Waals surface area contributed by atoms with Crippen molar-refractivity contribution in [1.82, 2.24) is 29.6 Å². The number of ether oxygens (including phenoxy) is 1. The lowest BCUT2D eigenvalue weighted by Gasteiger charge is -2.34. The third-order valence-corrected chi connectivity index (χ3v) is 4.82. The third kappa shape index (κ3) is 3.39. The molecule has 1 amide bonds. The quantitative estimate of drug-likeness (QED) is 0.803. The molecular formula is C17H23N7O2. The monoisotopic (exact) mass is 357 g/mol. The van der Waals surface area contributed by atoms with E-state index in [-0.39, 0.29) is 17.8 Å². The summed E-state index contributed by atoms with van der Waals surface area (Å²) in [5.41, 5.74) is 0. The van der Waals surface area contributed by atoms with E-state index in [0.717, 1.165) is 18.9 Å². The molecule has 4 heterocycles. The van der Waals surface area contributed by atoms with E-state index in [1.165, 1.54) is 30.3 Å². The van der Waals surface area contributed by atoms with Crippen LogP contribution in [0.4, 0.5) is 5.82 Å². The molecule has 2 fully saturated rings. The van der Waals surface area contributed by atoms with Gasteiger partial charge in [-0.2, -0.15) is 0 Å². The van der Waals surface area contributed by atoms with Gasteiger partial charge in [0.1, 0.15) is 18.2 Å². The molecule has 2 aromatic rings. The van der Waals surface area contributed by atoms with E-state index in [1.807, 2.05) is 6.07 Å². The van der Waals surface area contributed by atoms with Gasteiger partial charge in [-0.25, -0.2) is 15.0 Å². The number of anilines is 1. The summed E-state index contributed by atoms with van der Waals surface area (Å²) < 4.78 is 7.13. The average Bonchev–Trinajstić information content (AvgIpc) is 3.14. The van der Waals surface area contributed by atoms with Crippen molar-refractivity contribution in [1.29, 1.82) is 0 Å². The van der Waals surface area contributed by atoms with Crippen LogP contribution in [-0.2, 0) is 11.8 Å². The molecule has 26 heavy (non-hydrogen) atoms. The molecule has 2 aliphatic heterocycles. The highest BCUT2D eigenvalue weighted by Gasteiger charge is 2.33. The second-order valence-corrected chi connectivity index (χ2v) is 6.65. The van der Waals surface area contributed by atoms with E-state index in [0.29, 0.717) is 25.6 Å². The zero-order valence-corrected chi connectivity index (χ0v) is 14.9. The van der Waals surface area contributed by atoms with Crippen LogP contribution in [-0.4, -0.2) is 68.4 Å². The zero-order chi connectivity index (χ0) is 17.9. The van der Waals surface area contributed by atoms with E-state index in [4.69, 9.17) is 9.72 Å². The molecule has 2 saturated heterocycles. The van der Waals surface area contributed by atoms with E-state index in [1.54, 1.807) is 18.1 Å². The summed E-state index contributed by atoms with van der Waals surface area (Å²) in [6.45, 7) is 3.36. The normalized spacial score (nSPS) is 21.0. The van der Waals surface area contributed by atoms with Crippen LogP contribution in [0.5, 0.6) is 0 Å². The first-order chi connectivity index (χ1) is 12.7. The molecule has 0 bridgehead atoms. The minimum absolute atomic E-state index is 0.187. The van der Waals surface area contributed by atoms with Crippen LogP contribution in [0.1, 0.15) is 41.7 Å². The van der Waals surface area contributed by atoms with Crippen LogP contribution in [0.2, 0.25) is 0 Å². The van der Waals surface area contributed by atoms with Gasteiger partial charge in [0, 0.05) is 32.9 Å². The maximum Gasteiger partial charge on any atom is 0.294 e. The number of morpholine rings is 1. The number of carbonyl (C=O) groups is 1. The summed E-state index contributed by atoms with van der Waals surface area (Å²) in [5, 5.41) is 4.13. The highest BCUT2D eigenvalue weighted by atomic mass is 16.5. The van der Waals surface area contributed by atoms with Gasteiger partial charge in [0.15, 0.2) is 5.82 Å². The minimum atomic E-state index is -0.329. The summed E-state index contributed by atoms with van der Waals surface area (Å²) in [6, 6.07) is 1.61. The van der Waals surface area contributed by atoms with Gasteiger partial charge >= 0.3 is 0 Å². The number of aromatic nitrogens is 5. The number of nitrogens with zero attached hydrogens (tertiary/aromatic N) is 7. The second kappa shape index (κ2) is 7.36. The van der Waals surface area contributed by atoms with Crippen LogP contribution >= 0.6 is 0 Å². The van der Waals surface area contributed by atoms with Gasteiger partial charge in [-0.3, -0.25) is 9.48 Å². The molecule has 1 atom stereocenters. The van der Waals surface area contributed by atoms with Crippen LogP contribution in [0.3, 0.4) is 0 Å². The Labute approximate surface area is 152 Å². The molecule has 0 N–H and O–H groups in total. The molecule has 0 spiro atoms. The fraction of sp³-hybridized carbons (Fsp3) is 0.588. The van der Waals surface area contributed by atoms with Gasteiger partial charge in [-0.1, -0.05) is 0 Å². The Morgan fingerprint density at radius 3 is 2.81 bits per heavy atom. The molecule has 9 heteroatoms. The predicted molar refractivity (Wildman–Crippen MR) is 93.7 cm³/mol. The summed E-state index contributed by atoms with van der Waals surface area (Å²) in [4.78, 5) is 30.1. The van der Waals surface area contributed by atoms with Gasteiger partial charge in [-0.05, 0) is 25.3 Å². The molecule has 9 nitrogen and oxygen atoms in total. The van der Waals surface area contributed by atoms with Crippen molar-refractivity contribution < 1.29 is 9.53 Å². The van der Waals surface area contributed by atoms with Gasteiger partial charge in [0.05, 0.1) is 13.2 Å². The number of aryl methyl sites for hydroxylation is 1. The smallest absolute Gasteiger partial charge is 0.294 e. The maximum atomic E-state index is 12.8. The Balaban J connectivity index is 1.59. The molecule has 0 aliphatic carbocycles. The van der Waals surface area contributed by atoms with Crippen LogP contribution in [0.25, 0.3) is 0 Å². The molecule has 1 unspecified atom stereocenters. The molecule has 0 saturated carbocycles. The van der Waals surface area contributed by atoms with Gasteiger partial charge in [0.25, 0.3) is 5.91 Å². The second-order valence-electron chi connectivity index (χ2n) is 6.65. The largest absolute Gasteiger partial charge is 0.377 e. The molecule has 0 radical (unpaired) electrons. The highest BCUT2D eigenvalue weighted by Crippen LogP contribution is 2.25. The SMILES string of the molecule is Cn1cnc(C(=O)N2CCOCC2c2nccc(N3CCCCC3)n2)n1. The number of piperidine rings is 1. The van der Waals surface area contributed by atoms with Gasteiger partial charge in [0.2, 0.25) is 5.82 Å². The van der Waals surface area contributed by atoms with Crippen molar-refractivity contribution in [3.8, 4) is 0 Å². The van der Waals surface area contributed by atoms with Gasteiger partial charge < -0.3 is 14.5 Å². The Kier molecular flexibility index (Phi) is 4.79. The molecular weight excluding hydrogens is 334 g/mol. The topological polar surface area (TPSA) is 89.3 Å². The lowest BCUT2D eigenvalue weighted by molar-refractivity contribution is -0.00584. The zero-order valence-electron chi connectivity index (χ0n) is 14.9. The van der Waals surface area contributed by atoms with Crippen LogP contribution < -0.4 is 4.90 Å². The van der Waals surface area contributed by atoms with Crippen LogP contribution in [0.15, 0.2) is 18.6 Å². The molecule has 2 aromatic heterocycles. The fourth-order valence-corrected chi connectivity index (χ4v) is 3.45. The maximum absolute atomic E-state index is 12.8. The van der Waals surface area contributed by atoms with Crippen molar-refractivity contribution in [3.05, 3.63) is 30.2 Å². The molecule has 2 aliphatic rings. The van der Waals surface area contributed by atoms with Crippen LogP contribution in [0, 0.1) is 0 Å². The van der Waals surface area contributed by atoms with E-state index in [9.17, 15) is 4.79 Å². The Morgan fingerprint density at radius 2 is 2.04 bits per heavy atom. The number of carbonyl (C=O) groups excluding carboxylic acids is 1. The summed E-state index contributed by atoms with van der Waals surface area (Å²) in [6.07, 6.45) is 6.92. The first-order valence-corrected chi connectivity index (χ1v) is 9.04. The number of amides is 1. The summed E-state index contributed by atoms with van der Waals surface area (Å²) in [5.74, 6) is 1.50. The van der Waals surface area contributed by atoms with Crippen molar-refractivity contribution in [2.24, 2.45) is 7.05 Å². The fourth-order valence-electron chi connectivity index (χ4n) is 3.45. The van der Waals surface area contributed by atoms with E-state index in [2.05, 4.69) is 20.0 Å². The molecule has 4 rings (SSSR count). The Hall–Kier alpha value is -2.55. The highest BCUT2D eigenvalue weighted by molar-refractivity contribution is 5.90. The third-order valence-electron chi connectivity index (χ3n) is 4.82. The van der Waals surface area contributed by atoms with Crippen molar-refractivity contribution in [3.63, 3.8) is 0 Å². The number of hydrogen-bond acceptors (Lipinski definition) is 7. The standard InChI is InChI=1S/C17H23N7O2/c1-22-12-19-16(21-22)17(25)24-9-10-26-11-13(24)15-18-6-5-14(20-15)23-7-3-2-4-8-23/h5-6,12-13H,2-4,7-11H2,1H3. The summed E-state index contributed by atoms with van der Waals surface area (Å²) in [7, 11) is 1.74. The first-order valence-electron chi connectivity index (χ1n) is 9.04. The first kappa shape index (κ1) is 16.9.